The maximum atomic E-state index is 13.1. The number of rotatable bonds is 4. The Morgan fingerprint density at radius 3 is 2.03 bits per heavy atom. The zero-order valence-corrected chi connectivity index (χ0v) is 20.2. The molecule has 34 heavy (non-hydrogen) atoms. The van der Waals surface area contributed by atoms with Crippen LogP contribution in [0.25, 0.3) is 0 Å². The molecule has 2 saturated heterocycles. The summed E-state index contributed by atoms with van der Waals surface area (Å²) in [6.07, 6.45) is -0.239. The number of amides is 3. The number of halogens is 1. The van der Waals surface area contributed by atoms with Crippen LogP contribution >= 0.6 is 11.6 Å². The number of imide groups is 1. The number of nitrogens with zero attached hydrogens (tertiary/aromatic N) is 3. The highest BCUT2D eigenvalue weighted by molar-refractivity contribution is 6.30. The van der Waals surface area contributed by atoms with Crippen molar-refractivity contribution in [2.75, 3.05) is 31.1 Å². The standard InChI is InChI=1S/C25H28ClN3O5/c1-25(2,3)34-24(32)28-14-12-27(13-15-28)21-16-22(30)29(23(21)31)18-6-10-20(11-7-18)33-19-8-4-17(26)5-9-19/h4-11,21H,12-16H2,1-3H3/t21-/m0/s1. The highest BCUT2D eigenvalue weighted by Crippen LogP contribution is 2.30. The number of carbonyl (C=O) groups is 3. The van der Waals surface area contributed by atoms with Crippen LogP contribution < -0.4 is 9.64 Å². The quantitative estimate of drug-likeness (QED) is 0.600. The predicted molar refractivity (Wildman–Crippen MR) is 128 cm³/mol. The van der Waals surface area contributed by atoms with Gasteiger partial charge in [-0.3, -0.25) is 14.5 Å². The number of piperazine rings is 1. The summed E-state index contributed by atoms with van der Waals surface area (Å²) in [6, 6.07) is 13.3. The predicted octanol–water partition coefficient (Wildman–Crippen LogP) is 4.32. The summed E-state index contributed by atoms with van der Waals surface area (Å²) in [4.78, 5) is 43.0. The molecule has 2 fully saturated rings. The van der Waals surface area contributed by atoms with E-state index in [9.17, 15) is 14.4 Å². The fourth-order valence-electron chi connectivity index (χ4n) is 4.02. The third-order valence-corrected chi connectivity index (χ3v) is 5.93. The number of hydrogen-bond donors (Lipinski definition) is 0. The second-order valence-corrected chi connectivity index (χ2v) is 9.78. The number of anilines is 1. The van der Waals surface area contributed by atoms with Crippen molar-refractivity contribution in [2.24, 2.45) is 0 Å². The first-order valence-corrected chi connectivity index (χ1v) is 11.6. The Labute approximate surface area is 204 Å². The molecule has 2 aliphatic rings. The molecule has 8 nitrogen and oxygen atoms in total. The van der Waals surface area contributed by atoms with E-state index >= 15 is 0 Å². The summed E-state index contributed by atoms with van der Waals surface area (Å²) in [7, 11) is 0. The Bertz CT molecular complexity index is 1060. The normalized spacial score (nSPS) is 19.5. The highest BCUT2D eigenvalue weighted by atomic mass is 35.5. The van der Waals surface area contributed by atoms with Crippen LogP contribution in [0, 0.1) is 0 Å². The van der Waals surface area contributed by atoms with E-state index in [2.05, 4.69) is 0 Å². The number of benzene rings is 2. The molecule has 1 atom stereocenters. The second-order valence-electron chi connectivity index (χ2n) is 9.34. The molecular weight excluding hydrogens is 458 g/mol. The summed E-state index contributed by atoms with van der Waals surface area (Å²) < 4.78 is 11.2. The minimum atomic E-state index is -0.558. The molecule has 2 heterocycles. The Morgan fingerprint density at radius 2 is 1.47 bits per heavy atom. The van der Waals surface area contributed by atoms with Gasteiger partial charge in [0.15, 0.2) is 0 Å². The second kappa shape index (κ2) is 9.64. The van der Waals surface area contributed by atoms with Gasteiger partial charge in [-0.25, -0.2) is 9.69 Å². The van der Waals surface area contributed by atoms with Crippen molar-refractivity contribution in [3.8, 4) is 11.5 Å². The van der Waals surface area contributed by atoms with Crippen molar-refractivity contribution in [3.05, 3.63) is 53.6 Å². The average Bonchev–Trinajstić information content (AvgIpc) is 3.09. The average molecular weight is 486 g/mol. The van der Waals surface area contributed by atoms with Crippen LogP contribution in [-0.4, -0.2) is 65.5 Å². The van der Waals surface area contributed by atoms with Gasteiger partial charge in [0.2, 0.25) is 5.91 Å². The van der Waals surface area contributed by atoms with Gasteiger partial charge in [-0.2, -0.15) is 0 Å². The molecule has 3 amide bonds. The Hall–Kier alpha value is -3.10. The molecule has 0 N–H and O–H groups in total. The first kappa shape index (κ1) is 24.0. The maximum Gasteiger partial charge on any atom is 0.410 e. The van der Waals surface area contributed by atoms with Crippen molar-refractivity contribution >= 4 is 35.2 Å². The Balaban J connectivity index is 1.36. The highest BCUT2D eigenvalue weighted by Gasteiger charge is 2.43. The molecule has 0 saturated carbocycles. The first-order valence-electron chi connectivity index (χ1n) is 11.2. The van der Waals surface area contributed by atoms with E-state index in [1.165, 1.54) is 4.90 Å². The maximum absolute atomic E-state index is 13.1. The Kier molecular flexibility index (Phi) is 6.81. The summed E-state index contributed by atoms with van der Waals surface area (Å²) in [5, 5.41) is 0.620. The van der Waals surface area contributed by atoms with Crippen LogP contribution in [-0.2, 0) is 14.3 Å². The lowest BCUT2D eigenvalue weighted by atomic mass is 10.1. The lowest BCUT2D eigenvalue weighted by molar-refractivity contribution is -0.123. The molecule has 2 aromatic rings. The molecule has 0 bridgehead atoms. The summed E-state index contributed by atoms with van der Waals surface area (Å²) in [6.45, 7) is 7.39. The Morgan fingerprint density at radius 1 is 0.912 bits per heavy atom. The molecule has 2 aromatic carbocycles. The largest absolute Gasteiger partial charge is 0.457 e. The molecule has 0 aromatic heterocycles. The first-order chi connectivity index (χ1) is 16.1. The van der Waals surface area contributed by atoms with Gasteiger partial charge in [-0.05, 0) is 69.3 Å². The van der Waals surface area contributed by atoms with E-state index in [4.69, 9.17) is 21.1 Å². The number of hydrogen-bond acceptors (Lipinski definition) is 6. The van der Waals surface area contributed by atoms with Gasteiger partial charge >= 0.3 is 6.09 Å². The summed E-state index contributed by atoms with van der Waals surface area (Å²) >= 11 is 5.90. The van der Waals surface area contributed by atoms with E-state index in [1.807, 2.05) is 25.7 Å². The van der Waals surface area contributed by atoms with Crippen LogP contribution in [0.2, 0.25) is 5.02 Å². The smallest absolute Gasteiger partial charge is 0.410 e. The summed E-state index contributed by atoms with van der Waals surface area (Å²) in [5.41, 5.74) is -0.0498. The van der Waals surface area contributed by atoms with E-state index in [-0.39, 0.29) is 24.3 Å². The van der Waals surface area contributed by atoms with Gasteiger partial charge in [0.25, 0.3) is 5.91 Å². The van der Waals surface area contributed by atoms with Gasteiger partial charge < -0.3 is 14.4 Å². The molecule has 180 valence electrons. The van der Waals surface area contributed by atoms with Crippen LogP contribution in [0.5, 0.6) is 11.5 Å². The lowest BCUT2D eigenvalue weighted by Crippen LogP contribution is -2.54. The third-order valence-electron chi connectivity index (χ3n) is 5.67. The van der Waals surface area contributed by atoms with Crippen LogP contribution in [0.3, 0.4) is 0 Å². The van der Waals surface area contributed by atoms with E-state index in [0.29, 0.717) is 48.4 Å². The molecule has 0 aliphatic carbocycles. The topological polar surface area (TPSA) is 79.4 Å². The van der Waals surface area contributed by atoms with Crippen molar-refractivity contribution in [1.29, 1.82) is 0 Å². The fraction of sp³-hybridized carbons (Fsp3) is 0.400. The molecule has 9 heteroatoms. The van der Waals surface area contributed by atoms with Gasteiger partial charge in [0.05, 0.1) is 18.2 Å². The zero-order valence-electron chi connectivity index (χ0n) is 19.5. The number of carbonyl (C=O) groups excluding carboxylic acids is 3. The van der Waals surface area contributed by atoms with E-state index in [0.717, 1.165) is 0 Å². The minimum Gasteiger partial charge on any atom is -0.457 e. The molecule has 4 rings (SSSR count). The monoisotopic (exact) mass is 485 g/mol. The molecular formula is C25H28ClN3O5. The molecule has 0 radical (unpaired) electrons. The minimum absolute atomic E-state index is 0.119. The van der Waals surface area contributed by atoms with Gasteiger partial charge in [-0.1, -0.05) is 11.6 Å². The van der Waals surface area contributed by atoms with Gasteiger partial charge in [-0.15, -0.1) is 0 Å². The van der Waals surface area contributed by atoms with Gasteiger partial charge in [0.1, 0.15) is 17.1 Å². The van der Waals surface area contributed by atoms with E-state index in [1.54, 1.807) is 53.4 Å². The van der Waals surface area contributed by atoms with Crippen molar-refractivity contribution < 1.29 is 23.9 Å². The number of ether oxygens (including phenoxy) is 2. The SMILES string of the molecule is CC(C)(C)OC(=O)N1CCN([C@H]2CC(=O)N(c3ccc(Oc4ccc(Cl)cc4)cc3)C2=O)CC1. The van der Waals surface area contributed by atoms with Gasteiger partial charge in [0, 0.05) is 31.2 Å². The van der Waals surface area contributed by atoms with Crippen molar-refractivity contribution in [3.63, 3.8) is 0 Å². The summed E-state index contributed by atoms with van der Waals surface area (Å²) in [5.74, 6) is 0.731. The van der Waals surface area contributed by atoms with Crippen LogP contribution in [0.4, 0.5) is 10.5 Å². The zero-order chi connectivity index (χ0) is 24.5. The fourth-order valence-corrected chi connectivity index (χ4v) is 4.14. The van der Waals surface area contributed by atoms with E-state index < -0.39 is 11.6 Å². The van der Waals surface area contributed by atoms with Crippen LogP contribution in [0.1, 0.15) is 27.2 Å². The van der Waals surface area contributed by atoms with Crippen molar-refractivity contribution in [2.45, 2.75) is 38.8 Å². The third kappa shape index (κ3) is 5.51. The lowest BCUT2D eigenvalue weighted by Gasteiger charge is -2.37. The molecule has 0 unspecified atom stereocenters. The van der Waals surface area contributed by atoms with Crippen LogP contribution in [0.15, 0.2) is 48.5 Å². The molecule has 2 aliphatic heterocycles. The van der Waals surface area contributed by atoms with Crippen molar-refractivity contribution in [1.82, 2.24) is 9.80 Å². The molecule has 0 spiro atoms.